The van der Waals surface area contributed by atoms with Crippen molar-refractivity contribution in [1.82, 2.24) is 5.32 Å². The Morgan fingerprint density at radius 2 is 1.52 bits per heavy atom. The van der Waals surface area contributed by atoms with E-state index in [4.69, 9.17) is 4.74 Å². The van der Waals surface area contributed by atoms with Crippen LogP contribution in [-0.4, -0.2) is 12.5 Å². The van der Waals surface area contributed by atoms with Crippen LogP contribution in [0.4, 0.5) is 0 Å². The van der Waals surface area contributed by atoms with Crippen LogP contribution in [0.15, 0.2) is 84.9 Å². The van der Waals surface area contributed by atoms with Gasteiger partial charge in [0.25, 0.3) is 0 Å². The molecule has 0 heterocycles. The van der Waals surface area contributed by atoms with Crippen molar-refractivity contribution in [3.05, 3.63) is 102 Å². The summed E-state index contributed by atoms with van der Waals surface area (Å²) in [6, 6.07) is 27.9. The lowest BCUT2D eigenvalue weighted by Gasteiger charge is -2.20. The third-order valence-corrected chi connectivity index (χ3v) is 4.38. The normalized spacial score (nSPS) is 10.6. The minimum atomic E-state index is -0.141. The molecule has 0 unspecified atom stereocenters. The van der Waals surface area contributed by atoms with E-state index in [2.05, 4.69) is 5.32 Å². The molecule has 0 aliphatic carbocycles. The third-order valence-electron chi connectivity index (χ3n) is 4.38. The largest absolute Gasteiger partial charge is 0.494 e. The smallest absolute Gasteiger partial charge is 0.220 e. The Hall–Kier alpha value is -3.07. The molecule has 27 heavy (non-hydrogen) atoms. The van der Waals surface area contributed by atoms with Gasteiger partial charge in [0.15, 0.2) is 0 Å². The fourth-order valence-corrected chi connectivity index (χ4v) is 3.01. The Balaban J connectivity index is 1.55. The standard InChI is InChI=1S/C24H25NO2/c1-19-10-8-15-22(18-19)27-17-9-16-23(26)25-24(20-11-4-2-5-12-20)21-13-6-3-7-14-21/h2-8,10-15,18,24H,9,16-17H2,1H3,(H,25,26). The molecule has 0 bridgehead atoms. The number of carbonyl (C=O) groups is 1. The number of hydrogen-bond acceptors (Lipinski definition) is 2. The molecule has 1 N–H and O–H groups in total. The van der Waals surface area contributed by atoms with Crippen LogP contribution in [0.25, 0.3) is 0 Å². The maximum absolute atomic E-state index is 12.5. The van der Waals surface area contributed by atoms with E-state index in [1.807, 2.05) is 91.9 Å². The molecule has 0 saturated heterocycles. The van der Waals surface area contributed by atoms with Crippen LogP contribution in [0.2, 0.25) is 0 Å². The number of amides is 1. The van der Waals surface area contributed by atoms with Crippen molar-refractivity contribution < 1.29 is 9.53 Å². The van der Waals surface area contributed by atoms with Gasteiger partial charge in [0.1, 0.15) is 5.75 Å². The highest BCUT2D eigenvalue weighted by atomic mass is 16.5. The van der Waals surface area contributed by atoms with Crippen molar-refractivity contribution in [1.29, 1.82) is 0 Å². The highest BCUT2D eigenvalue weighted by Crippen LogP contribution is 2.22. The average molecular weight is 359 g/mol. The second-order valence-electron chi connectivity index (χ2n) is 6.59. The Kier molecular flexibility index (Phi) is 6.64. The predicted molar refractivity (Wildman–Crippen MR) is 109 cm³/mol. The van der Waals surface area contributed by atoms with Crippen molar-refractivity contribution in [2.75, 3.05) is 6.61 Å². The van der Waals surface area contributed by atoms with E-state index in [9.17, 15) is 4.79 Å². The van der Waals surface area contributed by atoms with E-state index in [0.29, 0.717) is 19.4 Å². The maximum Gasteiger partial charge on any atom is 0.220 e. The number of carbonyl (C=O) groups excluding carboxylic acids is 1. The molecule has 3 aromatic carbocycles. The van der Waals surface area contributed by atoms with Crippen molar-refractivity contribution in [2.24, 2.45) is 0 Å². The molecular formula is C24H25NO2. The summed E-state index contributed by atoms with van der Waals surface area (Å²) in [6.07, 6.45) is 1.11. The van der Waals surface area contributed by atoms with Crippen molar-refractivity contribution in [2.45, 2.75) is 25.8 Å². The molecule has 0 radical (unpaired) electrons. The van der Waals surface area contributed by atoms with Gasteiger partial charge in [-0.2, -0.15) is 0 Å². The van der Waals surface area contributed by atoms with E-state index in [0.717, 1.165) is 16.9 Å². The van der Waals surface area contributed by atoms with Crippen molar-refractivity contribution >= 4 is 5.91 Å². The van der Waals surface area contributed by atoms with Gasteiger partial charge in [-0.3, -0.25) is 4.79 Å². The number of hydrogen-bond donors (Lipinski definition) is 1. The van der Waals surface area contributed by atoms with E-state index in [1.54, 1.807) is 0 Å². The number of aryl methyl sites for hydroxylation is 1. The van der Waals surface area contributed by atoms with Crippen LogP contribution < -0.4 is 10.1 Å². The lowest BCUT2D eigenvalue weighted by Crippen LogP contribution is -2.29. The first-order valence-corrected chi connectivity index (χ1v) is 9.31. The minimum Gasteiger partial charge on any atom is -0.494 e. The van der Waals surface area contributed by atoms with Gasteiger partial charge in [-0.1, -0.05) is 72.8 Å². The lowest BCUT2D eigenvalue weighted by molar-refractivity contribution is -0.121. The molecule has 138 valence electrons. The fourth-order valence-electron chi connectivity index (χ4n) is 3.01. The molecule has 0 aromatic heterocycles. The third kappa shape index (κ3) is 5.71. The molecule has 3 nitrogen and oxygen atoms in total. The Morgan fingerprint density at radius 3 is 2.11 bits per heavy atom. The molecule has 3 heteroatoms. The van der Waals surface area contributed by atoms with Crippen LogP contribution in [0.1, 0.15) is 35.6 Å². The molecule has 0 fully saturated rings. The molecule has 3 rings (SSSR count). The van der Waals surface area contributed by atoms with Gasteiger partial charge >= 0.3 is 0 Å². The van der Waals surface area contributed by atoms with Crippen molar-refractivity contribution in [3.8, 4) is 5.75 Å². The summed E-state index contributed by atoms with van der Waals surface area (Å²) in [7, 11) is 0. The summed E-state index contributed by atoms with van der Waals surface area (Å²) in [4.78, 5) is 12.5. The highest BCUT2D eigenvalue weighted by molar-refractivity contribution is 5.77. The van der Waals surface area contributed by atoms with Crippen LogP contribution in [0.5, 0.6) is 5.75 Å². The van der Waals surface area contributed by atoms with Gasteiger partial charge in [-0.25, -0.2) is 0 Å². The lowest BCUT2D eigenvalue weighted by atomic mass is 9.98. The number of benzene rings is 3. The van der Waals surface area contributed by atoms with Gasteiger partial charge in [-0.15, -0.1) is 0 Å². The molecule has 0 saturated carbocycles. The first-order chi connectivity index (χ1) is 13.2. The Bertz CT molecular complexity index is 807. The van der Waals surface area contributed by atoms with Gasteiger partial charge in [-0.05, 0) is 42.2 Å². The van der Waals surface area contributed by atoms with Gasteiger partial charge < -0.3 is 10.1 Å². The zero-order valence-corrected chi connectivity index (χ0v) is 15.6. The SMILES string of the molecule is Cc1cccc(OCCCC(=O)NC(c2ccccc2)c2ccccc2)c1. The summed E-state index contributed by atoms with van der Waals surface area (Å²) in [5, 5.41) is 3.16. The summed E-state index contributed by atoms with van der Waals surface area (Å²) < 4.78 is 5.73. The minimum absolute atomic E-state index is 0.0283. The molecule has 3 aromatic rings. The summed E-state index contributed by atoms with van der Waals surface area (Å²) >= 11 is 0. The second kappa shape index (κ2) is 9.58. The molecule has 0 aliphatic heterocycles. The first-order valence-electron chi connectivity index (χ1n) is 9.31. The summed E-state index contributed by atoms with van der Waals surface area (Å²) in [5.74, 6) is 0.877. The molecule has 0 spiro atoms. The zero-order chi connectivity index (χ0) is 18.9. The van der Waals surface area contributed by atoms with Crippen LogP contribution in [0.3, 0.4) is 0 Å². The first kappa shape index (κ1) is 18.7. The quantitative estimate of drug-likeness (QED) is 0.571. The number of nitrogens with one attached hydrogen (secondary N) is 1. The van der Waals surface area contributed by atoms with E-state index < -0.39 is 0 Å². The second-order valence-corrected chi connectivity index (χ2v) is 6.59. The zero-order valence-electron chi connectivity index (χ0n) is 15.6. The summed E-state index contributed by atoms with van der Waals surface area (Å²) in [5.41, 5.74) is 3.32. The van der Waals surface area contributed by atoms with Crippen molar-refractivity contribution in [3.63, 3.8) is 0 Å². The van der Waals surface area contributed by atoms with Gasteiger partial charge in [0.05, 0.1) is 12.6 Å². The van der Waals surface area contributed by atoms with E-state index >= 15 is 0 Å². The van der Waals surface area contributed by atoms with Gasteiger partial charge in [0, 0.05) is 6.42 Å². The van der Waals surface area contributed by atoms with Crippen LogP contribution in [-0.2, 0) is 4.79 Å². The Labute approximate surface area is 161 Å². The predicted octanol–water partition coefficient (Wildman–Crippen LogP) is 5.06. The maximum atomic E-state index is 12.5. The molecular weight excluding hydrogens is 334 g/mol. The molecule has 0 atom stereocenters. The van der Waals surface area contributed by atoms with Crippen LogP contribution in [0, 0.1) is 6.92 Å². The fraction of sp³-hybridized carbons (Fsp3) is 0.208. The Morgan fingerprint density at radius 1 is 0.889 bits per heavy atom. The highest BCUT2D eigenvalue weighted by Gasteiger charge is 2.16. The summed E-state index contributed by atoms with van der Waals surface area (Å²) in [6.45, 7) is 2.56. The average Bonchev–Trinajstić information content (AvgIpc) is 2.71. The topological polar surface area (TPSA) is 38.3 Å². The molecule has 0 aliphatic rings. The van der Waals surface area contributed by atoms with E-state index in [-0.39, 0.29) is 11.9 Å². The monoisotopic (exact) mass is 359 g/mol. The number of rotatable bonds is 8. The van der Waals surface area contributed by atoms with E-state index in [1.165, 1.54) is 5.56 Å². The van der Waals surface area contributed by atoms with Crippen LogP contribution >= 0.6 is 0 Å². The van der Waals surface area contributed by atoms with Gasteiger partial charge in [0.2, 0.25) is 5.91 Å². The number of ether oxygens (including phenoxy) is 1. The molecule has 1 amide bonds.